The Morgan fingerprint density at radius 3 is 1.88 bits per heavy atom. The maximum atomic E-state index is 2.35. The maximum Gasteiger partial charge on any atom is -0.00491 e. The number of fused-ring (bicyclic) bond motifs is 3. The molecule has 0 spiro atoms. The average molecular weight is 206 g/mol. The van der Waals surface area contributed by atoms with Crippen molar-refractivity contribution in [3.63, 3.8) is 0 Å². The third-order valence-corrected chi connectivity index (χ3v) is 4.20. The minimum atomic E-state index is 0.742. The zero-order valence-electron chi connectivity index (χ0n) is 9.19. The van der Waals surface area contributed by atoms with Crippen molar-refractivity contribution in [2.24, 2.45) is 0 Å². The second kappa shape index (κ2) is 2.98. The van der Waals surface area contributed by atoms with Crippen LogP contribution in [0.2, 0.25) is 0 Å². The van der Waals surface area contributed by atoms with Gasteiger partial charge < -0.3 is 0 Å². The Bertz CT molecular complexity index is 543. The minimum absolute atomic E-state index is 0.742. The first-order valence-electron chi connectivity index (χ1n) is 6.12. The summed E-state index contributed by atoms with van der Waals surface area (Å²) in [5, 5.41) is 2.97. The molecule has 2 atom stereocenters. The largest absolute Gasteiger partial charge is 0.0879 e. The van der Waals surface area contributed by atoms with E-state index in [2.05, 4.69) is 48.6 Å². The zero-order chi connectivity index (χ0) is 10.5. The summed E-state index contributed by atoms with van der Waals surface area (Å²) in [5.74, 6) is 1.48. The molecule has 0 N–H and O–H groups in total. The van der Waals surface area contributed by atoms with Gasteiger partial charge in [0.25, 0.3) is 0 Å². The average Bonchev–Trinajstić information content (AvgIpc) is 2.68. The van der Waals surface area contributed by atoms with Gasteiger partial charge in [-0.25, -0.2) is 0 Å². The van der Waals surface area contributed by atoms with Gasteiger partial charge in [-0.3, -0.25) is 0 Å². The third-order valence-electron chi connectivity index (χ3n) is 4.20. The molecule has 0 saturated carbocycles. The van der Waals surface area contributed by atoms with Crippen LogP contribution in [0.4, 0.5) is 0 Å². The van der Waals surface area contributed by atoms with E-state index in [1.54, 1.807) is 16.5 Å². The summed E-state index contributed by atoms with van der Waals surface area (Å²) in [6.45, 7) is 0. The van der Waals surface area contributed by atoms with Gasteiger partial charge in [-0.15, -0.1) is 0 Å². The van der Waals surface area contributed by atoms with Gasteiger partial charge in [-0.2, -0.15) is 0 Å². The van der Waals surface area contributed by atoms with Crippen LogP contribution in [0, 0.1) is 0 Å². The number of hydrogen-bond donors (Lipinski definition) is 0. The van der Waals surface area contributed by atoms with Crippen LogP contribution in [0.25, 0.3) is 10.8 Å². The van der Waals surface area contributed by atoms with Crippen LogP contribution >= 0.6 is 0 Å². The Hall–Kier alpha value is -1.56. The van der Waals surface area contributed by atoms with E-state index in [0.29, 0.717) is 0 Å². The van der Waals surface area contributed by atoms with Crippen molar-refractivity contribution in [2.45, 2.75) is 24.7 Å². The highest BCUT2D eigenvalue weighted by Crippen LogP contribution is 2.51. The van der Waals surface area contributed by atoms with E-state index in [-0.39, 0.29) is 0 Å². The Morgan fingerprint density at radius 1 is 0.750 bits per heavy atom. The quantitative estimate of drug-likeness (QED) is 0.561. The van der Waals surface area contributed by atoms with E-state index >= 15 is 0 Å². The monoisotopic (exact) mass is 206 g/mol. The first kappa shape index (κ1) is 8.58. The number of benzene rings is 2. The van der Waals surface area contributed by atoms with Gasteiger partial charge >= 0.3 is 0 Å². The molecule has 0 radical (unpaired) electrons. The van der Waals surface area contributed by atoms with E-state index in [0.717, 1.165) is 11.8 Å². The Kier molecular flexibility index (Phi) is 1.59. The van der Waals surface area contributed by atoms with E-state index in [4.69, 9.17) is 0 Å². The van der Waals surface area contributed by atoms with Crippen LogP contribution in [0.15, 0.2) is 48.6 Å². The van der Waals surface area contributed by atoms with E-state index in [9.17, 15) is 0 Å². The summed E-state index contributed by atoms with van der Waals surface area (Å²) in [4.78, 5) is 0. The molecule has 2 aromatic carbocycles. The lowest BCUT2D eigenvalue weighted by Gasteiger charge is -2.22. The van der Waals surface area contributed by atoms with Gasteiger partial charge in [0.1, 0.15) is 0 Å². The van der Waals surface area contributed by atoms with Crippen LogP contribution in [0.1, 0.15) is 35.8 Å². The summed E-state index contributed by atoms with van der Waals surface area (Å²) >= 11 is 0. The van der Waals surface area contributed by atoms with E-state index < -0.39 is 0 Å². The lowest BCUT2D eigenvalue weighted by molar-refractivity contribution is 0.550. The molecule has 0 aromatic heterocycles. The molecule has 2 aliphatic rings. The molecule has 2 unspecified atom stereocenters. The standard InChI is InChI=1S/C16H14/c1-2-8-13-12(7-1)14-9-3-5-11-6-4-10-15(13)16(11)14/h1-6,9-10,12-13H,7-8H2. The lowest BCUT2D eigenvalue weighted by atomic mass is 9.81. The van der Waals surface area contributed by atoms with Gasteiger partial charge in [-0.1, -0.05) is 48.6 Å². The summed E-state index contributed by atoms with van der Waals surface area (Å²) in [7, 11) is 0. The van der Waals surface area contributed by atoms with Crippen LogP contribution < -0.4 is 0 Å². The first-order chi connectivity index (χ1) is 7.95. The topological polar surface area (TPSA) is 0 Å². The zero-order valence-corrected chi connectivity index (χ0v) is 9.19. The molecule has 16 heavy (non-hydrogen) atoms. The molecule has 0 fully saturated rings. The number of rotatable bonds is 0. The molecule has 78 valence electrons. The summed E-state index contributed by atoms with van der Waals surface area (Å²) in [6.07, 6.45) is 7.15. The maximum absolute atomic E-state index is 2.35. The fourth-order valence-corrected chi connectivity index (χ4v) is 3.52. The van der Waals surface area contributed by atoms with Crippen molar-refractivity contribution < 1.29 is 0 Å². The number of allylic oxidation sites excluding steroid dienone is 2. The Balaban J connectivity index is 2.10. The van der Waals surface area contributed by atoms with Crippen molar-refractivity contribution in [1.82, 2.24) is 0 Å². The molecule has 2 aliphatic carbocycles. The first-order valence-corrected chi connectivity index (χ1v) is 6.12. The van der Waals surface area contributed by atoms with Crippen molar-refractivity contribution in [3.8, 4) is 0 Å². The Morgan fingerprint density at radius 2 is 1.31 bits per heavy atom. The molecule has 0 aliphatic heterocycles. The van der Waals surface area contributed by atoms with E-state index in [1.165, 1.54) is 18.2 Å². The highest BCUT2D eigenvalue weighted by Gasteiger charge is 2.33. The van der Waals surface area contributed by atoms with Gasteiger partial charge in [0.2, 0.25) is 0 Å². The summed E-state index contributed by atoms with van der Waals surface area (Å²) in [5.41, 5.74) is 3.17. The molecule has 0 heterocycles. The molecule has 0 amide bonds. The molecule has 0 nitrogen and oxygen atoms in total. The Labute approximate surface area is 95.6 Å². The molecule has 0 heteroatoms. The molecule has 2 aromatic rings. The molecule has 0 saturated heterocycles. The summed E-state index contributed by atoms with van der Waals surface area (Å²) in [6, 6.07) is 13.6. The SMILES string of the molecule is C1=CCC2c3cccc4cccc(c34)C2C1. The van der Waals surface area contributed by atoms with Crippen molar-refractivity contribution in [1.29, 1.82) is 0 Å². The third kappa shape index (κ3) is 0.948. The smallest absolute Gasteiger partial charge is 0.00491 e. The van der Waals surface area contributed by atoms with Crippen LogP contribution in [0.3, 0.4) is 0 Å². The summed E-state index contributed by atoms with van der Waals surface area (Å²) < 4.78 is 0. The van der Waals surface area contributed by atoms with Crippen molar-refractivity contribution in [3.05, 3.63) is 59.7 Å². The second-order valence-electron chi connectivity index (χ2n) is 4.95. The van der Waals surface area contributed by atoms with Crippen molar-refractivity contribution in [2.75, 3.05) is 0 Å². The van der Waals surface area contributed by atoms with Gasteiger partial charge in [0.05, 0.1) is 0 Å². The normalized spacial score (nSPS) is 26.0. The molecule has 0 bridgehead atoms. The molecule has 4 rings (SSSR count). The highest BCUT2D eigenvalue weighted by molar-refractivity contribution is 5.92. The van der Waals surface area contributed by atoms with Crippen LogP contribution in [-0.4, -0.2) is 0 Å². The fraction of sp³-hybridized carbons (Fsp3) is 0.250. The highest BCUT2D eigenvalue weighted by atomic mass is 14.4. The predicted octanol–water partition coefficient (Wildman–Crippen LogP) is 4.37. The number of hydrogen-bond acceptors (Lipinski definition) is 0. The minimum Gasteiger partial charge on any atom is -0.0879 e. The molecular weight excluding hydrogens is 192 g/mol. The fourth-order valence-electron chi connectivity index (χ4n) is 3.52. The van der Waals surface area contributed by atoms with Crippen LogP contribution in [-0.2, 0) is 0 Å². The van der Waals surface area contributed by atoms with Gasteiger partial charge in [0.15, 0.2) is 0 Å². The predicted molar refractivity (Wildman–Crippen MR) is 67.8 cm³/mol. The van der Waals surface area contributed by atoms with Gasteiger partial charge in [0, 0.05) is 0 Å². The van der Waals surface area contributed by atoms with Crippen molar-refractivity contribution >= 4 is 10.8 Å². The van der Waals surface area contributed by atoms with Gasteiger partial charge in [-0.05, 0) is 46.6 Å². The van der Waals surface area contributed by atoms with E-state index in [1.807, 2.05) is 0 Å². The second-order valence-corrected chi connectivity index (χ2v) is 4.95. The lowest BCUT2D eigenvalue weighted by Crippen LogP contribution is -2.07. The van der Waals surface area contributed by atoms with Crippen LogP contribution in [0.5, 0.6) is 0 Å². The molecular formula is C16H14.